The Balaban J connectivity index is 1.63. The lowest BCUT2D eigenvalue weighted by Gasteiger charge is -2.20. The average molecular weight is 777 g/mol. The van der Waals surface area contributed by atoms with Crippen LogP contribution in [0.1, 0.15) is 119 Å². The Hall–Kier alpha value is -3.19. The van der Waals surface area contributed by atoms with Gasteiger partial charge in [0.05, 0.1) is 18.7 Å². The van der Waals surface area contributed by atoms with Gasteiger partial charge in [-0.1, -0.05) is 53.0 Å². The van der Waals surface area contributed by atoms with Gasteiger partial charge in [-0.05, 0) is 98.8 Å². The van der Waals surface area contributed by atoms with Gasteiger partial charge < -0.3 is 25.8 Å². The molecule has 298 valence electrons. The zero-order chi connectivity index (χ0) is 39.2. The van der Waals surface area contributed by atoms with Crippen LogP contribution in [-0.2, 0) is 19.1 Å². The van der Waals surface area contributed by atoms with Crippen LogP contribution in [0.15, 0.2) is 46.6 Å². The molecule has 2 aliphatic rings. The molecule has 13 heteroatoms. The van der Waals surface area contributed by atoms with Crippen LogP contribution in [-0.4, -0.2) is 93.7 Å². The quantitative estimate of drug-likeness (QED) is 0.0411. The van der Waals surface area contributed by atoms with Crippen LogP contribution in [0.3, 0.4) is 0 Å². The molecule has 0 spiro atoms. The van der Waals surface area contributed by atoms with Crippen molar-refractivity contribution in [3.63, 3.8) is 0 Å². The topological polar surface area (TPSA) is 154 Å². The van der Waals surface area contributed by atoms with Crippen molar-refractivity contribution in [2.45, 2.75) is 142 Å². The van der Waals surface area contributed by atoms with E-state index in [1.54, 1.807) is 23.5 Å². The van der Waals surface area contributed by atoms with E-state index in [-0.39, 0.29) is 42.2 Å². The first kappa shape index (κ1) is 46.0. The summed E-state index contributed by atoms with van der Waals surface area (Å²) in [6, 6.07) is -1.56. The molecular weight excluding hydrogens is 713 g/mol. The van der Waals surface area contributed by atoms with Gasteiger partial charge in [-0.25, -0.2) is 14.5 Å². The number of fused-ring (bicyclic) bond motifs is 1. The summed E-state index contributed by atoms with van der Waals surface area (Å²) in [5.74, 6) is 0.494. The molecule has 5 amide bonds. The maximum atomic E-state index is 12.9. The highest BCUT2D eigenvalue weighted by Crippen LogP contribution is 2.37. The number of carbonyl (C=O) groups excluding carboxylic acids is 4. The van der Waals surface area contributed by atoms with Crippen LogP contribution in [0.4, 0.5) is 9.59 Å². The van der Waals surface area contributed by atoms with Gasteiger partial charge in [0.1, 0.15) is 6.04 Å². The number of hydrogen-bond donors (Lipinski definition) is 4. The van der Waals surface area contributed by atoms with Crippen molar-refractivity contribution >= 4 is 53.4 Å². The molecule has 0 radical (unpaired) electrons. The molecule has 2 heterocycles. The van der Waals surface area contributed by atoms with Crippen LogP contribution in [0.5, 0.6) is 0 Å². The lowest BCUT2D eigenvalue weighted by Crippen LogP contribution is -2.47. The number of carboxylic acids is 1. The Morgan fingerprint density at radius 2 is 1.55 bits per heavy atom. The molecule has 0 aromatic carbocycles. The van der Waals surface area contributed by atoms with Crippen molar-refractivity contribution in [2.75, 3.05) is 30.4 Å². The molecule has 0 aromatic rings. The van der Waals surface area contributed by atoms with Gasteiger partial charge in [0.25, 0.3) is 0 Å². The van der Waals surface area contributed by atoms with E-state index in [0.29, 0.717) is 37.3 Å². The number of hydrogen-bond acceptors (Lipinski definition) is 8. The van der Waals surface area contributed by atoms with Crippen molar-refractivity contribution in [2.24, 2.45) is 0 Å². The normalized spacial score (nSPS) is 19.4. The van der Waals surface area contributed by atoms with Gasteiger partial charge in [-0.2, -0.15) is 23.5 Å². The first-order valence-electron chi connectivity index (χ1n) is 19.1. The molecule has 0 saturated carbocycles. The largest absolute Gasteiger partial charge is 0.481 e. The summed E-state index contributed by atoms with van der Waals surface area (Å²) in [6.07, 6.45) is 18.2. The van der Waals surface area contributed by atoms with Gasteiger partial charge in [0, 0.05) is 42.4 Å². The summed E-state index contributed by atoms with van der Waals surface area (Å²) in [7, 11) is 0. The second-order valence-electron chi connectivity index (χ2n) is 14.4. The maximum absolute atomic E-state index is 12.9. The van der Waals surface area contributed by atoms with Crippen molar-refractivity contribution in [3.8, 4) is 0 Å². The van der Waals surface area contributed by atoms with Crippen LogP contribution in [0.25, 0.3) is 0 Å². The second kappa shape index (κ2) is 25.8. The van der Waals surface area contributed by atoms with Gasteiger partial charge in [0.2, 0.25) is 11.8 Å². The first-order valence-corrected chi connectivity index (χ1v) is 21.3. The third-order valence-electron chi connectivity index (χ3n) is 9.24. The maximum Gasteiger partial charge on any atom is 0.418 e. The molecule has 2 saturated heterocycles. The molecule has 0 aliphatic carbocycles. The number of carbonyl (C=O) groups is 5. The molecule has 2 rings (SSSR count). The molecular formula is C40H64N4O7S2. The minimum absolute atomic E-state index is 0.113. The van der Waals surface area contributed by atoms with E-state index in [1.807, 2.05) is 0 Å². The average Bonchev–Trinajstić information content (AvgIpc) is 3.62. The Bertz CT molecular complexity index is 1340. The smallest absolute Gasteiger partial charge is 0.418 e. The van der Waals surface area contributed by atoms with Gasteiger partial charge in [-0.15, -0.1) is 0 Å². The van der Waals surface area contributed by atoms with E-state index >= 15 is 0 Å². The third-order valence-corrected chi connectivity index (χ3v) is 11.7. The zero-order valence-corrected chi connectivity index (χ0v) is 34.4. The molecule has 0 bridgehead atoms. The van der Waals surface area contributed by atoms with Crippen LogP contribution in [0.2, 0.25) is 0 Å². The van der Waals surface area contributed by atoms with E-state index in [1.165, 1.54) is 29.2 Å². The van der Waals surface area contributed by atoms with Crippen LogP contribution >= 0.6 is 23.5 Å². The van der Waals surface area contributed by atoms with Crippen molar-refractivity contribution in [3.05, 3.63) is 46.6 Å². The number of rotatable bonds is 25. The zero-order valence-electron chi connectivity index (χ0n) is 32.8. The summed E-state index contributed by atoms with van der Waals surface area (Å²) in [6.45, 7) is 12.7. The summed E-state index contributed by atoms with van der Waals surface area (Å²) in [5, 5.41) is 17.5. The van der Waals surface area contributed by atoms with Gasteiger partial charge in [-0.3, -0.25) is 14.4 Å². The molecule has 53 heavy (non-hydrogen) atoms. The number of urea groups is 1. The number of nitrogens with zero attached hydrogens (tertiary/aromatic N) is 1. The van der Waals surface area contributed by atoms with Crippen molar-refractivity contribution in [1.29, 1.82) is 0 Å². The first-order chi connectivity index (χ1) is 25.3. The molecule has 2 aliphatic heterocycles. The minimum atomic E-state index is -0.814. The fourth-order valence-corrected chi connectivity index (χ4v) is 8.76. The molecule has 11 nitrogen and oxygen atoms in total. The fourth-order valence-electron chi connectivity index (χ4n) is 6.16. The lowest BCUT2D eigenvalue weighted by atomic mass is 10.0. The SMILES string of the molecule is CC(=O)N[C@H](CSC/C=C(\C)CC/C=C(\C)CC/C=C(\C)CCC=C(C)C)C(=O)NCCCCOC(=O)N1C(=O)NC2C(CCCCC(=O)O)SCC21. The summed E-state index contributed by atoms with van der Waals surface area (Å²) in [5.41, 5.74) is 5.55. The van der Waals surface area contributed by atoms with E-state index in [0.717, 1.165) is 62.0 Å². The Kier molecular flexibility index (Phi) is 22.3. The number of allylic oxidation sites excluding steroid dienone is 7. The van der Waals surface area contributed by atoms with Crippen LogP contribution in [0, 0.1) is 0 Å². The predicted octanol–water partition coefficient (Wildman–Crippen LogP) is 7.93. The number of amides is 5. The second-order valence-corrected chi connectivity index (χ2v) is 16.7. The number of aliphatic carboxylic acids is 1. The third kappa shape index (κ3) is 19.1. The monoisotopic (exact) mass is 776 g/mol. The van der Waals surface area contributed by atoms with E-state index in [4.69, 9.17) is 9.84 Å². The van der Waals surface area contributed by atoms with E-state index in [2.05, 4.69) is 74.9 Å². The molecule has 2 fully saturated rings. The summed E-state index contributed by atoms with van der Waals surface area (Å²) in [4.78, 5) is 61.9. The molecule has 4 atom stereocenters. The Labute approximate surface area is 326 Å². The highest BCUT2D eigenvalue weighted by Gasteiger charge is 2.51. The van der Waals surface area contributed by atoms with Crippen molar-refractivity contribution in [1.82, 2.24) is 20.9 Å². The Morgan fingerprint density at radius 3 is 2.17 bits per heavy atom. The molecule has 3 unspecified atom stereocenters. The number of nitrogens with one attached hydrogen (secondary N) is 3. The van der Waals surface area contributed by atoms with Gasteiger partial charge in [0.15, 0.2) is 0 Å². The number of ether oxygens (including phenoxy) is 1. The number of carboxylic acid groups (broad SMARTS) is 1. The number of imide groups is 1. The number of thioether (sulfide) groups is 2. The van der Waals surface area contributed by atoms with Gasteiger partial charge >= 0.3 is 18.1 Å². The fraction of sp³-hybridized carbons (Fsp3) is 0.675. The van der Waals surface area contributed by atoms with E-state index in [9.17, 15) is 24.0 Å². The minimum Gasteiger partial charge on any atom is -0.481 e. The standard InChI is InChI=1S/C40H64N4O7S2/c1-28(2)14-11-15-29(3)16-12-17-30(4)18-13-19-31(5)22-25-52-26-33(42-32(6)45)38(48)41-23-9-10-24-51-40(50)44-34-27-53-35(37(34)43-39(44)49)20-7-8-21-36(46)47/h14,16,18,22,33-35,37H,7-13,15,17,19-21,23-27H2,1-6H3,(H,41,48)(H,42,45)(H,43,49)(H,46,47)/b29-16+,30-18+,31-22+/t33-,34?,35?,37?/m1/s1. The van der Waals surface area contributed by atoms with E-state index < -0.39 is 24.1 Å². The highest BCUT2D eigenvalue weighted by atomic mass is 32.2. The predicted molar refractivity (Wildman–Crippen MR) is 217 cm³/mol. The molecule has 4 N–H and O–H groups in total. The van der Waals surface area contributed by atoms with Crippen molar-refractivity contribution < 1.29 is 33.8 Å². The number of unbranched alkanes of at least 4 members (excludes halogenated alkanes) is 2. The van der Waals surface area contributed by atoms with Crippen LogP contribution < -0.4 is 16.0 Å². The molecule has 0 aromatic heterocycles. The Morgan fingerprint density at radius 1 is 0.906 bits per heavy atom. The summed E-state index contributed by atoms with van der Waals surface area (Å²) >= 11 is 3.29. The summed E-state index contributed by atoms with van der Waals surface area (Å²) < 4.78 is 5.40. The highest BCUT2D eigenvalue weighted by molar-refractivity contribution is 8.00. The lowest BCUT2D eigenvalue weighted by molar-refractivity contribution is -0.137.